The summed E-state index contributed by atoms with van der Waals surface area (Å²) in [5.74, 6) is 0. The van der Waals surface area contributed by atoms with Crippen molar-refractivity contribution in [3.8, 4) is 11.1 Å². The Kier molecular flexibility index (Phi) is 5.36. The summed E-state index contributed by atoms with van der Waals surface area (Å²) < 4.78 is 29.6. The first kappa shape index (κ1) is 21.6. The fourth-order valence-corrected chi connectivity index (χ4v) is 6.22. The van der Waals surface area contributed by atoms with Crippen LogP contribution in [-0.2, 0) is 10.0 Å². The van der Waals surface area contributed by atoms with Crippen molar-refractivity contribution in [1.29, 1.82) is 0 Å². The number of benzene rings is 5. The van der Waals surface area contributed by atoms with Crippen LogP contribution in [0.3, 0.4) is 0 Å². The summed E-state index contributed by atoms with van der Waals surface area (Å²) >= 11 is 0. The third-order valence-corrected chi connectivity index (χ3v) is 8.08. The van der Waals surface area contributed by atoms with Crippen molar-refractivity contribution in [2.45, 2.75) is 17.0 Å². The smallest absolute Gasteiger partial charge is 0.241 e. The summed E-state index contributed by atoms with van der Waals surface area (Å²) in [4.78, 5) is 0.258. The number of sulfonamides is 1. The van der Waals surface area contributed by atoms with Gasteiger partial charge in [0.25, 0.3) is 0 Å². The number of anilines is 1. The first-order valence-corrected chi connectivity index (χ1v) is 13.1. The lowest BCUT2D eigenvalue weighted by Crippen LogP contribution is -2.33. The quantitative estimate of drug-likeness (QED) is 0.287. The molecule has 0 radical (unpaired) electrons. The van der Waals surface area contributed by atoms with Gasteiger partial charge < -0.3 is 5.32 Å². The van der Waals surface area contributed by atoms with Crippen LogP contribution in [0.1, 0.15) is 23.2 Å². The van der Waals surface area contributed by atoms with Gasteiger partial charge in [0, 0.05) is 5.69 Å². The van der Waals surface area contributed by atoms with Crippen molar-refractivity contribution in [3.05, 3.63) is 132 Å². The van der Waals surface area contributed by atoms with Gasteiger partial charge in [-0.05, 0) is 57.3 Å². The molecule has 172 valence electrons. The van der Waals surface area contributed by atoms with E-state index in [1.807, 2.05) is 54.6 Å². The standard InChI is InChI=1S/C30H24N2O2S/c33-35(34,25-13-5-2-6-14-25)32-30-27-16-8-12-23-11-7-15-26(28(23)27)29(30)31-24-19-17-22(18-20-24)21-9-3-1-4-10-21/h1-20,29-32H. The lowest BCUT2D eigenvalue weighted by atomic mass is 10.0. The van der Waals surface area contributed by atoms with Crippen molar-refractivity contribution in [1.82, 2.24) is 4.72 Å². The Bertz CT molecular complexity index is 1590. The lowest BCUT2D eigenvalue weighted by molar-refractivity contribution is 0.534. The molecule has 0 amide bonds. The Morgan fingerprint density at radius 1 is 0.543 bits per heavy atom. The normalized spacial score (nSPS) is 16.9. The van der Waals surface area contributed by atoms with Crippen LogP contribution in [0.2, 0.25) is 0 Å². The third-order valence-electron chi connectivity index (χ3n) is 6.62. The first-order valence-electron chi connectivity index (χ1n) is 11.6. The number of rotatable bonds is 6. The van der Waals surface area contributed by atoms with Gasteiger partial charge in [-0.1, -0.05) is 97.1 Å². The van der Waals surface area contributed by atoms with Crippen molar-refractivity contribution in [2.75, 3.05) is 5.32 Å². The highest BCUT2D eigenvalue weighted by Crippen LogP contribution is 2.46. The van der Waals surface area contributed by atoms with Gasteiger partial charge in [-0.15, -0.1) is 0 Å². The average molecular weight is 477 g/mol. The van der Waals surface area contributed by atoms with Gasteiger partial charge >= 0.3 is 0 Å². The van der Waals surface area contributed by atoms with E-state index in [0.717, 1.165) is 38.7 Å². The molecule has 0 aliphatic heterocycles. The number of hydrogen-bond donors (Lipinski definition) is 2. The average Bonchev–Trinajstić information content (AvgIpc) is 3.19. The zero-order chi connectivity index (χ0) is 23.8. The first-order chi connectivity index (χ1) is 17.1. The summed E-state index contributed by atoms with van der Waals surface area (Å²) in [5, 5.41) is 5.83. The highest BCUT2D eigenvalue weighted by atomic mass is 32.2. The van der Waals surface area contributed by atoms with Crippen molar-refractivity contribution in [3.63, 3.8) is 0 Å². The fourth-order valence-electron chi connectivity index (χ4n) is 4.97. The molecule has 2 N–H and O–H groups in total. The maximum Gasteiger partial charge on any atom is 0.241 e. The summed E-state index contributed by atoms with van der Waals surface area (Å²) in [7, 11) is -3.72. The predicted octanol–water partition coefficient (Wildman–Crippen LogP) is 6.69. The van der Waals surface area contributed by atoms with Gasteiger partial charge in [-0.2, -0.15) is 0 Å². The Labute approximate surface area is 205 Å². The van der Waals surface area contributed by atoms with Gasteiger partial charge in [-0.3, -0.25) is 0 Å². The summed E-state index contributed by atoms with van der Waals surface area (Å²) in [6, 6.07) is 38.6. The molecular weight excluding hydrogens is 452 g/mol. The highest BCUT2D eigenvalue weighted by molar-refractivity contribution is 7.89. The fraction of sp³-hybridized carbons (Fsp3) is 0.0667. The zero-order valence-corrected chi connectivity index (χ0v) is 19.7. The second-order valence-corrected chi connectivity index (χ2v) is 10.5. The predicted molar refractivity (Wildman–Crippen MR) is 142 cm³/mol. The van der Waals surface area contributed by atoms with Crippen LogP contribution in [0.5, 0.6) is 0 Å². The molecule has 0 saturated carbocycles. The van der Waals surface area contributed by atoms with Crippen LogP contribution in [0.25, 0.3) is 21.9 Å². The molecule has 0 fully saturated rings. The van der Waals surface area contributed by atoms with E-state index in [2.05, 4.69) is 52.5 Å². The largest absolute Gasteiger partial charge is 0.376 e. The number of hydrogen-bond acceptors (Lipinski definition) is 3. The van der Waals surface area contributed by atoms with Gasteiger partial charge in [0.05, 0.1) is 17.0 Å². The van der Waals surface area contributed by atoms with E-state index in [1.165, 1.54) is 0 Å². The SMILES string of the molecule is O=S(=O)(NC1c2cccc3cccc(c23)C1Nc1ccc(-c2ccccc2)cc1)c1ccccc1. The minimum atomic E-state index is -3.72. The molecule has 0 saturated heterocycles. The van der Waals surface area contributed by atoms with E-state index in [1.54, 1.807) is 24.3 Å². The molecule has 6 rings (SSSR count). The molecule has 0 heterocycles. The molecule has 4 nitrogen and oxygen atoms in total. The summed E-state index contributed by atoms with van der Waals surface area (Å²) in [5.41, 5.74) is 5.30. The van der Waals surface area contributed by atoms with Crippen molar-refractivity contribution in [2.24, 2.45) is 0 Å². The highest BCUT2D eigenvalue weighted by Gasteiger charge is 2.37. The van der Waals surface area contributed by atoms with E-state index >= 15 is 0 Å². The molecule has 0 aromatic heterocycles. The van der Waals surface area contributed by atoms with E-state index in [0.29, 0.717) is 0 Å². The Morgan fingerprint density at radius 3 is 1.77 bits per heavy atom. The molecule has 1 aliphatic carbocycles. The van der Waals surface area contributed by atoms with Crippen LogP contribution >= 0.6 is 0 Å². The van der Waals surface area contributed by atoms with E-state index in [4.69, 9.17) is 0 Å². The van der Waals surface area contributed by atoms with Gasteiger partial charge in [0.15, 0.2) is 0 Å². The maximum absolute atomic E-state index is 13.3. The topological polar surface area (TPSA) is 58.2 Å². The van der Waals surface area contributed by atoms with Crippen LogP contribution < -0.4 is 10.0 Å². The molecule has 0 bridgehead atoms. The minimum absolute atomic E-state index is 0.253. The van der Waals surface area contributed by atoms with Crippen LogP contribution in [0.15, 0.2) is 126 Å². The Balaban J connectivity index is 1.38. The molecule has 1 aliphatic rings. The molecule has 5 heteroatoms. The molecule has 5 aromatic rings. The molecule has 0 spiro atoms. The van der Waals surface area contributed by atoms with Crippen LogP contribution in [-0.4, -0.2) is 8.42 Å². The molecular formula is C30H24N2O2S. The summed E-state index contributed by atoms with van der Waals surface area (Å²) in [6.45, 7) is 0. The van der Waals surface area contributed by atoms with Gasteiger partial charge in [0.1, 0.15) is 0 Å². The van der Waals surface area contributed by atoms with Gasteiger partial charge in [0.2, 0.25) is 10.0 Å². The zero-order valence-electron chi connectivity index (χ0n) is 18.9. The second-order valence-electron chi connectivity index (χ2n) is 8.77. The Morgan fingerprint density at radius 2 is 1.11 bits per heavy atom. The number of nitrogens with one attached hydrogen (secondary N) is 2. The summed E-state index contributed by atoms with van der Waals surface area (Å²) in [6.07, 6.45) is 0. The monoisotopic (exact) mass is 476 g/mol. The third kappa shape index (κ3) is 3.99. The van der Waals surface area contributed by atoms with Crippen LogP contribution in [0, 0.1) is 0 Å². The van der Waals surface area contributed by atoms with E-state index in [-0.39, 0.29) is 10.9 Å². The van der Waals surface area contributed by atoms with Crippen molar-refractivity contribution < 1.29 is 8.42 Å². The van der Waals surface area contributed by atoms with Crippen molar-refractivity contribution >= 4 is 26.5 Å². The van der Waals surface area contributed by atoms with Crippen LogP contribution in [0.4, 0.5) is 5.69 Å². The molecule has 35 heavy (non-hydrogen) atoms. The minimum Gasteiger partial charge on any atom is -0.376 e. The molecule has 2 unspecified atom stereocenters. The maximum atomic E-state index is 13.3. The van der Waals surface area contributed by atoms with Gasteiger partial charge in [-0.25, -0.2) is 13.1 Å². The van der Waals surface area contributed by atoms with E-state index in [9.17, 15) is 8.42 Å². The lowest BCUT2D eigenvalue weighted by Gasteiger charge is -2.25. The molecule has 5 aromatic carbocycles. The van der Waals surface area contributed by atoms with E-state index < -0.39 is 16.1 Å². The Hall–Kier alpha value is -3.93. The second kappa shape index (κ2) is 8.69. The molecule has 2 atom stereocenters.